The third-order valence-electron chi connectivity index (χ3n) is 4.69. The van der Waals surface area contributed by atoms with E-state index in [1.54, 1.807) is 7.11 Å². The van der Waals surface area contributed by atoms with Crippen molar-refractivity contribution in [2.45, 2.75) is 45.1 Å². The van der Waals surface area contributed by atoms with E-state index < -0.39 is 0 Å². The molecule has 0 aliphatic carbocycles. The maximum atomic E-state index is 13.1. The Labute approximate surface area is 138 Å². The van der Waals surface area contributed by atoms with Gasteiger partial charge in [-0.2, -0.15) is 0 Å². The first-order chi connectivity index (χ1) is 11.0. The molecule has 1 saturated heterocycles. The smallest absolute Gasteiger partial charge is 0.169 e. The van der Waals surface area contributed by atoms with Gasteiger partial charge in [-0.25, -0.2) is 0 Å². The molecule has 2 rings (SSSR count). The van der Waals surface area contributed by atoms with Crippen LogP contribution in [0.25, 0.3) is 0 Å². The maximum Gasteiger partial charge on any atom is 0.169 e. The molecule has 1 aromatic carbocycles. The minimum atomic E-state index is -0.193. The van der Waals surface area contributed by atoms with Gasteiger partial charge in [0.1, 0.15) is 5.75 Å². The van der Waals surface area contributed by atoms with Crippen molar-refractivity contribution in [1.29, 1.82) is 0 Å². The van der Waals surface area contributed by atoms with Gasteiger partial charge in [-0.15, -0.1) is 0 Å². The molecule has 1 aliphatic heterocycles. The summed E-state index contributed by atoms with van der Waals surface area (Å²) in [7, 11) is 1.59. The quantitative estimate of drug-likeness (QED) is 0.782. The van der Waals surface area contributed by atoms with Crippen molar-refractivity contribution in [3.05, 3.63) is 29.8 Å². The zero-order chi connectivity index (χ0) is 16.9. The lowest BCUT2D eigenvalue weighted by Gasteiger charge is -2.39. The van der Waals surface area contributed by atoms with E-state index in [4.69, 9.17) is 9.47 Å². The van der Waals surface area contributed by atoms with E-state index in [1.807, 2.05) is 24.3 Å². The van der Waals surface area contributed by atoms with Crippen molar-refractivity contribution in [3.8, 4) is 5.75 Å². The molecular formula is C19H28O4. The van der Waals surface area contributed by atoms with E-state index >= 15 is 0 Å². The number of carbonyl (C=O) groups is 1. The summed E-state index contributed by atoms with van der Waals surface area (Å²) in [6.45, 7) is 4.96. The van der Waals surface area contributed by atoms with Crippen LogP contribution in [0.2, 0.25) is 0 Å². The molecule has 0 radical (unpaired) electrons. The van der Waals surface area contributed by atoms with Crippen molar-refractivity contribution in [3.63, 3.8) is 0 Å². The molecule has 1 fully saturated rings. The molecule has 2 unspecified atom stereocenters. The molecule has 4 nitrogen and oxygen atoms in total. The van der Waals surface area contributed by atoms with Crippen LogP contribution < -0.4 is 4.74 Å². The number of hydrogen-bond donors (Lipinski definition) is 1. The first-order valence-electron chi connectivity index (χ1n) is 8.40. The van der Waals surface area contributed by atoms with Crippen LogP contribution >= 0.6 is 0 Å². The number of ether oxygens (including phenoxy) is 2. The van der Waals surface area contributed by atoms with Crippen LogP contribution in [0, 0.1) is 11.8 Å². The number of aliphatic hydroxyl groups excluding tert-OH is 1. The van der Waals surface area contributed by atoms with E-state index in [2.05, 4.69) is 13.8 Å². The molecule has 1 N–H and O–H groups in total. The highest BCUT2D eigenvalue weighted by molar-refractivity contribution is 6.00. The van der Waals surface area contributed by atoms with Crippen LogP contribution in [0.15, 0.2) is 24.3 Å². The lowest BCUT2D eigenvalue weighted by Crippen LogP contribution is -2.39. The summed E-state index contributed by atoms with van der Waals surface area (Å²) in [4.78, 5) is 13.1. The van der Waals surface area contributed by atoms with Crippen molar-refractivity contribution >= 4 is 5.78 Å². The summed E-state index contributed by atoms with van der Waals surface area (Å²) in [5.41, 5.74) is 0.448. The highest BCUT2D eigenvalue weighted by atomic mass is 16.5. The van der Waals surface area contributed by atoms with E-state index in [-0.39, 0.29) is 29.8 Å². The Hall–Kier alpha value is -1.39. The van der Waals surface area contributed by atoms with Crippen LogP contribution in [-0.2, 0) is 4.74 Å². The summed E-state index contributed by atoms with van der Waals surface area (Å²) in [5, 5.41) is 9.21. The second-order valence-corrected chi connectivity index (χ2v) is 6.90. The van der Waals surface area contributed by atoms with Gasteiger partial charge in [0.15, 0.2) is 5.78 Å². The molecule has 1 heterocycles. The number of para-hydroxylation sites is 1. The maximum absolute atomic E-state index is 13.1. The van der Waals surface area contributed by atoms with Crippen LogP contribution in [0.1, 0.15) is 49.9 Å². The Balaban J connectivity index is 2.25. The number of aliphatic hydroxyl groups is 1. The van der Waals surface area contributed by atoms with Gasteiger partial charge >= 0.3 is 0 Å². The summed E-state index contributed by atoms with van der Waals surface area (Å²) in [6, 6.07) is 7.39. The fraction of sp³-hybridized carbons (Fsp3) is 0.632. The first-order valence-corrected chi connectivity index (χ1v) is 8.40. The van der Waals surface area contributed by atoms with Gasteiger partial charge in [-0.05, 0) is 57.6 Å². The third kappa shape index (κ3) is 4.55. The number of ketones is 1. The Morgan fingerprint density at radius 2 is 2.17 bits per heavy atom. The average Bonchev–Trinajstić information content (AvgIpc) is 2.54. The predicted molar refractivity (Wildman–Crippen MR) is 89.9 cm³/mol. The topological polar surface area (TPSA) is 55.8 Å². The zero-order valence-electron chi connectivity index (χ0n) is 14.4. The van der Waals surface area contributed by atoms with E-state index in [9.17, 15) is 9.90 Å². The average molecular weight is 320 g/mol. The molecule has 0 aromatic heterocycles. The second kappa shape index (κ2) is 7.93. The van der Waals surface area contributed by atoms with Gasteiger partial charge in [0.25, 0.3) is 0 Å². The highest BCUT2D eigenvalue weighted by Gasteiger charge is 2.37. The summed E-state index contributed by atoms with van der Waals surface area (Å²) >= 11 is 0. The number of benzene rings is 1. The molecule has 0 bridgehead atoms. The fourth-order valence-corrected chi connectivity index (χ4v) is 3.56. The Morgan fingerprint density at radius 3 is 2.83 bits per heavy atom. The zero-order valence-corrected chi connectivity index (χ0v) is 14.4. The van der Waals surface area contributed by atoms with Gasteiger partial charge in [-0.1, -0.05) is 12.1 Å². The number of carbonyl (C=O) groups excluding carboxylic acids is 1. The summed E-state index contributed by atoms with van der Waals surface area (Å²) < 4.78 is 11.1. The number of Topliss-reactive ketones (excluding diaryl/α,β-unsaturated/α-hetero) is 1. The first kappa shape index (κ1) is 18.0. The van der Waals surface area contributed by atoms with Gasteiger partial charge in [-0.3, -0.25) is 4.79 Å². The number of hydrogen-bond acceptors (Lipinski definition) is 4. The molecule has 4 heteroatoms. The van der Waals surface area contributed by atoms with Crippen LogP contribution in [0.5, 0.6) is 5.75 Å². The molecular weight excluding hydrogens is 292 g/mol. The van der Waals surface area contributed by atoms with Gasteiger partial charge in [0.2, 0.25) is 0 Å². The summed E-state index contributed by atoms with van der Waals surface area (Å²) in [5.74, 6) is 0.931. The van der Waals surface area contributed by atoms with Gasteiger partial charge in [0.05, 0.1) is 18.3 Å². The molecule has 0 saturated carbocycles. The number of rotatable bonds is 7. The molecule has 1 aromatic rings. The predicted octanol–water partition coefficient (Wildman–Crippen LogP) is 3.47. The molecule has 0 amide bonds. The van der Waals surface area contributed by atoms with Crippen molar-refractivity contribution < 1.29 is 19.4 Å². The normalized spacial score (nSPS) is 21.7. The van der Waals surface area contributed by atoms with E-state index in [1.165, 1.54) is 0 Å². The second-order valence-electron chi connectivity index (χ2n) is 6.90. The standard InChI is InChI=1S/C19H28O4/c1-19(2)13-14(10-12-23-19)15(8-6-11-20)18(21)16-7-4-5-9-17(16)22-3/h4-5,7,9,14-15,20H,6,8,10-13H2,1-3H3. The van der Waals surface area contributed by atoms with Crippen LogP contribution in [0.3, 0.4) is 0 Å². The van der Waals surface area contributed by atoms with Crippen molar-refractivity contribution in [2.24, 2.45) is 11.8 Å². The van der Waals surface area contributed by atoms with E-state index in [0.29, 0.717) is 30.8 Å². The monoisotopic (exact) mass is 320 g/mol. The third-order valence-corrected chi connectivity index (χ3v) is 4.69. The molecule has 0 spiro atoms. The molecule has 1 aliphatic rings. The summed E-state index contributed by atoms with van der Waals surface area (Å²) in [6.07, 6.45) is 3.10. The van der Waals surface area contributed by atoms with Gasteiger partial charge < -0.3 is 14.6 Å². The molecule has 2 atom stereocenters. The molecule has 23 heavy (non-hydrogen) atoms. The minimum absolute atomic E-state index is 0.0957. The lowest BCUT2D eigenvalue weighted by molar-refractivity contribution is -0.0803. The highest BCUT2D eigenvalue weighted by Crippen LogP contribution is 2.37. The Kier molecular flexibility index (Phi) is 6.19. The van der Waals surface area contributed by atoms with E-state index in [0.717, 1.165) is 12.8 Å². The Morgan fingerprint density at radius 1 is 1.43 bits per heavy atom. The molecule has 128 valence electrons. The Bertz CT molecular complexity index is 524. The fourth-order valence-electron chi connectivity index (χ4n) is 3.56. The minimum Gasteiger partial charge on any atom is -0.496 e. The SMILES string of the molecule is COc1ccccc1C(=O)C(CCCO)C1CCOC(C)(C)C1. The van der Waals surface area contributed by atoms with Crippen LogP contribution in [-0.4, -0.2) is 36.8 Å². The van der Waals surface area contributed by atoms with Crippen molar-refractivity contribution in [2.75, 3.05) is 20.3 Å². The van der Waals surface area contributed by atoms with Crippen LogP contribution in [0.4, 0.5) is 0 Å². The number of methoxy groups -OCH3 is 1. The largest absolute Gasteiger partial charge is 0.496 e. The van der Waals surface area contributed by atoms with Crippen molar-refractivity contribution in [1.82, 2.24) is 0 Å². The van der Waals surface area contributed by atoms with Gasteiger partial charge in [0, 0.05) is 19.1 Å². The lowest BCUT2D eigenvalue weighted by atomic mass is 9.74.